The first kappa shape index (κ1) is 13.3. The van der Waals surface area contributed by atoms with E-state index in [-0.39, 0.29) is 17.9 Å². The fraction of sp³-hybridized carbons (Fsp3) is 0.429. The molecule has 0 aromatic carbocycles. The van der Waals surface area contributed by atoms with Crippen molar-refractivity contribution in [3.05, 3.63) is 29.3 Å². The highest BCUT2D eigenvalue weighted by Gasteiger charge is 2.25. The van der Waals surface area contributed by atoms with E-state index in [1.807, 2.05) is 17.5 Å². The Hall–Kier alpha value is -1.66. The SMILES string of the molecule is O=C(NCC1CCCC1O)c1cc(-c2cccs2)[nH]n1. The molecule has 1 aliphatic rings. The summed E-state index contributed by atoms with van der Waals surface area (Å²) in [5.74, 6) is -0.0159. The summed E-state index contributed by atoms with van der Waals surface area (Å²) in [5, 5.41) is 21.5. The number of hydrogen-bond donors (Lipinski definition) is 3. The number of aromatic amines is 1. The van der Waals surface area contributed by atoms with E-state index in [4.69, 9.17) is 0 Å². The average molecular weight is 291 g/mol. The molecule has 0 radical (unpaired) electrons. The van der Waals surface area contributed by atoms with Gasteiger partial charge in [-0.3, -0.25) is 9.89 Å². The van der Waals surface area contributed by atoms with E-state index in [0.717, 1.165) is 29.8 Å². The summed E-state index contributed by atoms with van der Waals surface area (Å²) >= 11 is 1.60. The first-order valence-corrected chi connectivity index (χ1v) is 7.67. The topological polar surface area (TPSA) is 78.0 Å². The number of aliphatic hydroxyl groups is 1. The second-order valence-electron chi connectivity index (χ2n) is 5.11. The van der Waals surface area contributed by atoms with Gasteiger partial charge in [0.15, 0.2) is 5.69 Å². The van der Waals surface area contributed by atoms with E-state index in [1.54, 1.807) is 17.4 Å². The maximum atomic E-state index is 12.0. The lowest BCUT2D eigenvalue weighted by molar-refractivity contribution is 0.0912. The van der Waals surface area contributed by atoms with Crippen LogP contribution in [-0.4, -0.2) is 33.9 Å². The lowest BCUT2D eigenvalue weighted by atomic mass is 10.1. The summed E-state index contributed by atoms with van der Waals surface area (Å²) in [5.41, 5.74) is 1.24. The number of amides is 1. The normalized spacial score (nSPS) is 22.1. The highest BCUT2D eigenvalue weighted by molar-refractivity contribution is 7.13. The molecule has 106 valence electrons. The summed E-state index contributed by atoms with van der Waals surface area (Å²) in [6.45, 7) is 0.515. The van der Waals surface area contributed by atoms with Crippen molar-refractivity contribution in [1.29, 1.82) is 0 Å². The number of aromatic nitrogens is 2. The van der Waals surface area contributed by atoms with E-state index in [1.165, 1.54) is 0 Å². The molecule has 2 aromatic heterocycles. The molecule has 2 heterocycles. The first-order valence-electron chi connectivity index (χ1n) is 6.79. The Kier molecular flexibility index (Phi) is 3.84. The maximum Gasteiger partial charge on any atom is 0.271 e. The molecular weight excluding hydrogens is 274 g/mol. The zero-order valence-electron chi connectivity index (χ0n) is 11.0. The predicted molar refractivity (Wildman–Crippen MR) is 77.6 cm³/mol. The van der Waals surface area contributed by atoms with Crippen LogP contribution >= 0.6 is 11.3 Å². The fourth-order valence-corrected chi connectivity index (χ4v) is 3.26. The van der Waals surface area contributed by atoms with Crippen LogP contribution in [0.1, 0.15) is 29.8 Å². The number of aliphatic hydroxyl groups excluding tert-OH is 1. The molecule has 5 nitrogen and oxygen atoms in total. The molecule has 0 aliphatic heterocycles. The zero-order chi connectivity index (χ0) is 13.9. The number of carbonyl (C=O) groups is 1. The third kappa shape index (κ3) is 2.76. The largest absolute Gasteiger partial charge is 0.393 e. The van der Waals surface area contributed by atoms with Crippen LogP contribution in [0.25, 0.3) is 10.6 Å². The molecule has 3 rings (SSSR count). The lowest BCUT2D eigenvalue weighted by Crippen LogP contribution is -2.32. The van der Waals surface area contributed by atoms with Crippen LogP contribution in [0.2, 0.25) is 0 Å². The highest BCUT2D eigenvalue weighted by Crippen LogP contribution is 2.25. The number of nitrogens with one attached hydrogen (secondary N) is 2. The van der Waals surface area contributed by atoms with E-state index in [0.29, 0.717) is 12.2 Å². The molecule has 1 saturated carbocycles. The van der Waals surface area contributed by atoms with Crippen molar-refractivity contribution >= 4 is 17.2 Å². The number of rotatable bonds is 4. The van der Waals surface area contributed by atoms with E-state index >= 15 is 0 Å². The summed E-state index contributed by atoms with van der Waals surface area (Å²) < 4.78 is 0. The Morgan fingerprint density at radius 3 is 3.15 bits per heavy atom. The molecule has 0 bridgehead atoms. The number of H-pyrrole nitrogens is 1. The number of hydrogen-bond acceptors (Lipinski definition) is 4. The Bertz CT molecular complexity index is 579. The van der Waals surface area contributed by atoms with Crippen molar-refractivity contribution < 1.29 is 9.90 Å². The van der Waals surface area contributed by atoms with E-state index in [9.17, 15) is 9.90 Å². The molecule has 1 amide bonds. The van der Waals surface area contributed by atoms with Crippen LogP contribution in [0.5, 0.6) is 0 Å². The van der Waals surface area contributed by atoms with Crippen LogP contribution in [-0.2, 0) is 0 Å². The molecule has 3 N–H and O–H groups in total. The Morgan fingerprint density at radius 1 is 1.55 bits per heavy atom. The van der Waals surface area contributed by atoms with Crippen molar-refractivity contribution in [2.45, 2.75) is 25.4 Å². The Morgan fingerprint density at radius 2 is 2.45 bits per heavy atom. The van der Waals surface area contributed by atoms with Crippen LogP contribution in [0.3, 0.4) is 0 Å². The molecular formula is C14H17N3O2S. The van der Waals surface area contributed by atoms with Gasteiger partial charge in [-0.15, -0.1) is 11.3 Å². The minimum atomic E-state index is -0.281. The molecule has 1 fully saturated rings. The monoisotopic (exact) mass is 291 g/mol. The van der Waals surface area contributed by atoms with E-state index < -0.39 is 0 Å². The third-order valence-electron chi connectivity index (χ3n) is 3.74. The summed E-state index contributed by atoms with van der Waals surface area (Å²) in [4.78, 5) is 13.1. The van der Waals surface area contributed by atoms with Gasteiger partial charge in [-0.1, -0.05) is 12.5 Å². The number of nitrogens with zero attached hydrogens (tertiary/aromatic N) is 1. The van der Waals surface area contributed by atoms with E-state index in [2.05, 4.69) is 15.5 Å². The van der Waals surface area contributed by atoms with Gasteiger partial charge < -0.3 is 10.4 Å². The van der Waals surface area contributed by atoms with Gasteiger partial charge in [0.05, 0.1) is 16.7 Å². The van der Waals surface area contributed by atoms with Crippen molar-refractivity contribution in [3.63, 3.8) is 0 Å². The first-order chi connectivity index (χ1) is 9.74. The number of carbonyl (C=O) groups excluding carboxylic acids is 1. The number of thiophene rings is 1. The van der Waals surface area contributed by atoms with Gasteiger partial charge in [-0.2, -0.15) is 5.10 Å². The van der Waals surface area contributed by atoms with Gasteiger partial charge in [0.2, 0.25) is 0 Å². The minimum Gasteiger partial charge on any atom is -0.393 e. The van der Waals surface area contributed by atoms with Gasteiger partial charge in [0.25, 0.3) is 5.91 Å². The quantitative estimate of drug-likeness (QED) is 0.806. The Balaban J connectivity index is 1.60. The third-order valence-corrected chi connectivity index (χ3v) is 4.64. The standard InChI is InChI=1S/C14H17N3O2S/c18-12-4-1-3-9(12)8-15-14(19)11-7-10(16-17-11)13-5-2-6-20-13/h2,5-7,9,12,18H,1,3-4,8H2,(H,15,19)(H,16,17). The Labute approximate surface area is 121 Å². The molecule has 1 aliphatic carbocycles. The molecule has 20 heavy (non-hydrogen) atoms. The van der Waals surface area contributed by atoms with Crippen LogP contribution in [0.15, 0.2) is 23.6 Å². The summed E-state index contributed by atoms with van der Waals surface area (Å²) in [6.07, 6.45) is 2.57. The van der Waals surface area contributed by atoms with Crippen molar-refractivity contribution in [2.24, 2.45) is 5.92 Å². The second-order valence-corrected chi connectivity index (χ2v) is 6.06. The summed E-state index contributed by atoms with van der Waals surface area (Å²) in [6, 6.07) is 5.70. The predicted octanol–water partition coefficient (Wildman–Crippen LogP) is 2.03. The van der Waals surface area contributed by atoms with Gasteiger partial charge in [-0.05, 0) is 30.4 Å². The van der Waals surface area contributed by atoms with Crippen molar-refractivity contribution in [3.8, 4) is 10.6 Å². The molecule has 0 saturated heterocycles. The van der Waals surface area contributed by atoms with Gasteiger partial charge in [0.1, 0.15) is 0 Å². The van der Waals surface area contributed by atoms with Gasteiger partial charge in [0, 0.05) is 12.5 Å². The average Bonchev–Trinajstić information content (AvgIpc) is 3.17. The zero-order valence-corrected chi connectivity index (χ0v) is 11.8. The highest BCUT2D eigenvalue weighted by atomic mass is 32.1. The molecule has 2 aromatic rings. The van der Waals surface area contributed by atoms with Gasteiger partial charge >= 0.3 is 0 Å². The molecule has 2 unspecified atom stereocenters. The molecule has 0 spiro atoms. The van der Waals surface area contributed by atoms with Crippen molar-refractivity contribution in [1.82, 2.24) is 15.5 Å². The van der Waals surface area contributed by atoms with Crippen LogP contribution < -0.4 is 5.32 Å². The van der Waals surface area contributed by atoms with Gasteiger partial charge in [-0.25, -0.2) is 0 Å². The molecule has 6 heteroatoms. The van der Waals surface area contributed by atoms with Crippen LogP contribution in [0.4, 0.5) is 0 Å². The molecule has 2 atom stereocenters. The second kappa shape index (κ2) is 5.76. The minimum absolute atomic E-state index is 0.176. The lowest BCUT2D eigenvalue weighted by Gasteiger charge is -2.14. The fourth-order valence-electron chi connectivity index (χ4n) is 2.57. The van der Waals surface area contributed by atoms with Crippen LogP contribution in [0, 0.1) is 5.92 Å². The smallest absolute Gasteiger partial charge is 0.271 e. The maximum absolute atomic E-state index is 12.0. The van der Waals surface area contributed by atoms with Crippen molar-refractivity contribution in [2.75, 3.05) is 6.54 Å². The summed E-state index contributed by atoms with van der Waals surface area (Å²) in [7, 11) is 0.